The lowest BCUT2D eigenvalue weighted by atomic mass is 9.94. The van der Waals surface area contributed by atoms with E-state index in [1.165, 1.54) is 11.1 Å². The third-order valence-corrected chi connectivity index (χ3v) is 4.15. The van der Waals surface area contributed by atoms with Crippen LogP contribution in [0.25, 0.3) is 0 Å². The van der Waals surface area contributed by atoms with E-state index in [4.69, 9.17) is 0 Å². The zero-order chi connectivity index (χ0) is 14.5. The first kappa shape index (κ1) is 13.8. The summed E-state index contributed by atoms with van der Waals surface area (Å²) >= 11 is 0. The Hall–Kier alpha value is -2.13. The summed E-state index contributed by atoms with van der Waals surface area (Å²) in [4.78, 5) is 13.3. The molecule has 108 valence electrons. The van der Waals surface area contributed by atoms with E-state index in [9.17, 15) is 4.79 Å². The van der Waals surface area contributed by atoms with Crippen molar-refractivity contribution in [2.75, 3.05) is 13.1 Å². The van der Waals surface area contributed by atoms with Gasteiger partial charge in [0.2, 0.25) is 6.41 Å². The van der Waals surface area contributed by atoms with E-state index in [-0.39, 0.29) is 6.04 Å². The van der Waals surface area contributed by atoms with Gasteiger partial charge in [-0.1, -0.05) is 60.7 Å². The average Bonchev–Trinajstić information content (AvgIpc) is 2.92. The van der Waals surface area contributed by atoms with Crippen LogP contribution in [0.4, 0.5) is 0 Å². The first-order valence-electron chi connectivity index (χ1n) is 7.38. The number of hydrogen-bond acceptors (Lipinski definition) is 2. The molecule has 1 amide bonds. The van der Waals surface area contributed by atoms with E-state index in [0.717, 1.165) is 26.0 Å². The molecule has 1 unspecified atom stereocenters. The Labute approximate surface area is 125 Å². The van der Waals surface area contributed by atoms with Crippen molar-refractivity contribution in [3.63, 3.8) is 0 Å². The molecule has 3 heteroatoms. The highest BCUT2D eigenvalue weighted by Crippen LogP contribution is 2.28. The van der Waals surface area contributed by atoms with Crippen LogP contribution in [-0.4, -0.2) is 30.4 Å². The molecule has 2 aromatic rings. The predicted octanol–water partition coefficient (Wildman–Crippen LogP) is 2.40. The molecule has 0 spiro atoms. The van der Waals surface area contributed by atoms with Crippen molar-refractivity contribution in [1.82, 2.24) is 10.2 Å². The van der Waals surface area contributed by atoms with Gasteiger partial charge in [0.15, 0.2) is 0 Å². The lowest BCUT2D eigenvalue weighted by Crippen LogP contribution is -2.34. The number of carbonyl (C=O) groups excluding carboxylic acids is 1. The Balaban J connectivity index is 1.73. The summed E-state index contributed by atoms with van der Waals surface area (Å²) in [6.07, 6.45) is 0.826. The zero-order valence-corrected chi connectivity index (χ0v) is 12.0. The Morgan fingerprint density at radius 1 is 1.00 bits per heavy atom. The number of hydrogen-bond donors (Lipinski definition) is 1. The van der Waals surface area contributed by atoms with Gasteiger partial charge in [0.05, 0.1) is 0 Å². The van der Waals surface area contributed by atoms with Crippen molar-refractivity contribution in [3.8, 4) is 0 Å². The standard InChI is InChI=1S/C18H20N2O/c21-14-19-18-13-20(11-15-7-3-1-4-8-15)12-17(18)16-9-5-2-6-10-16/h1-10,14,17-18H,11-13H2,(H,19,21)/t17-,18?/m1/s1. The highest BCUT2D eigenvalue weighted by atomic mass is 16.1. The molecule has 3 rings (SSSR count). The largest absolute Gasteiger partial charge is 0.354 e. The number of nitrogens with zero attached hydrogens (tertiary/aromatic N) is 1. The van der Waals surface area contributed by atoms with E-state index >= 15 is 0 Å². The lowest BCUT2D eigenvalue weighted by molar-refractivity contribution is -0.110. The monoisotopic (exact) mass is 280 g/mol. The second-order valence-corrected chi connectivity index (χ2v) is 5.59. The van der Waals surface area contributed by atoms with Crippen LogP contribution < -0.4 is 5.32 Å². The number of likely N-dealkylation sites (tertiary alicyclic amines) is 1. The van der Waals surface area contributed by atoms with Crippen LogP contribution in [-0.2, 0) is 11.3 Å². The number of benzene rings is 2. The second kappa shape index (κ2) is 6.55. The molecule has 3 nitrogen and oxygen atoms in total. The van der Waals surface area contributed by atoms with Gasteiger partial charge in [-0.15, -0.1) is 0 Å². The molecule has 2 atom stereocenters. The molecule has 1 aliphatic heterocycles. The van der Waals surface area contributed by atoms with E-state index < -0.39 is 0 Å². The quantitative estimate of drug-likeness (QED) is 0.853. The molecule has 0 aliphatic carbocycles. The molecule has 2 aromatic carbocycles. The molecular formula is C18H20N2O. The van der Waals surface area contributed by atoms with Crippen LogP contribution in [0.15, 0.2) is 60.7 Å². The third kappa shape index (κ3) is 3.31. The van der Waals surface area contributed by atoms with Crippen molar-refractivity contribution in [2.45, 2.75) is 18.5 Å². The maximum absolute atomic E-state index is 10.9. The van der Waals surface area contributed by atoms with Crippen LogP contribution in [0.2, 0.25) is 0 Å². The number of amides is 1. The fourth-order valence-corrected chi connectivity index (χ4v) is 3.15. The number of carbonyl (C=O) groups is 1. The van der Waals surface area contributed by atoms with Crippen LogP contribution >= 0.6 is 0 Å². The summed E-state index contributed by atoms with van der Waals surface area (Å²) in [7, 11) is 0. The molecule has 1 heterocycles. The van der Waals surface area contributed by atoms with Crippen LogP contribution in [0.3, 0.4) is 0 Å². The zero-order valence-electron chi connectivity index (χ0n) is 12.0. The first-order chi connectivity index (χ1) is 10.4. The van der Waals surface area contributed by atoms with Crippen molar-refractivity contribution < 1.29 is 4.79 Å². The SMILES string of the molecule is O=CNC1CN(Cc2ccccc2)C[C@@H]1c1ccccc1. The summed E-state index contributed by atoms with van der Waals surface area (Å²) in [5, 5.41) is 2.99. The molecule has 1 fully saturated rings. The molecular weight excluding hydrogens is 260 g/mol. The van der Waals surface area contributed by atoms with Gasteiger partial charge in [0.25, 0.3) is 0 Å². The summed E-state index contributed by atoms with van der Waals surface area (Å²) in [6.45, 7) is 2.80. The molecule has 0 saturated carbocycles. The van der Waals surface area contributed by atoms with E-state index in [2.05, 4.69) is 58.7 Å². The normalized spacial score (nSPS) is 22.1. The Morgan fingerprint density at radius 2 is 1.67 bits per heavy atom. The Kier molecular flexibility index (Phi) is 4.31. The van der Waals surface area contributed by atoms with Crippen LogP contribution in [0.1, 0.15) is 17.0 Å². The lowest BCUT2D eigenvalue weighted by Gasteiger charge is -2.17. The van der Waals surface area contributed by atoms with Gasteiger partial charge >= 0.3 is 0 Å². The van der Waals surface area contributed by atoms with Crippen molar-refractivity contribution in [2.24, 2.45) is 0 Å². The van der Waals surface area contributed by atoms with Gasteiger partial charge in [-0.2, -0.15) is 0 Å². The molecule has 1 aliphatic rings. The highest BCUT2D eigenvalue weighted by Gasteiger charge is 2.33. The smallest absolute Gasteiger partial charge is 0.207 e. The minimum Gasteiger partial charge on any atom is -0.354 e. The van der Waals surface area contributed by atoms with E-state index in [0.29, 0.717) is 5.92 Å². The molecule has 0 aromatic heterocycles. The van der Waals surface area contributed by atoms with E-state index in [1.807, 2.05) is 12.1 Å². The fourth-order valence-electron chi connectivity index (χ4n) is 3.15. The van der Waals surface area contributed by atoms with Gasteiger partial charge in [-0.25, -0.2) is 0 Å². The number of nitrogens with one attached hydrogen (secondary N) is 1. The van der Waals surface area contributed by atoms with Gasteiger partial charge in [-0.05, 0) is 11.1 Å². The summed E-state index contributed by atoms with van der Waals surface area (Å²) in [5.41, 5.74) is 2.61. The number of rotatable bonds is 5. The molecule has 0 bridgehead atoms. The minimum atomic E-state index is 0.189. The van der Waals surface area contributed by atoms with Gasteiger partial charge in [-0.3, -0.25) is 9.69 Å². The van der Waals surface area contributed by atoms with Crippen molar-refractivity contribution in [3.05, 3.63) is 71.8 Å². The first-order valence-corrected chi connectivity index (χ1v) is 7.38. The summed E-state index contributed by atoms with van der Waals surface area (Å²) < 4.78 is 0. The summed E-state index contributed by atoms with van der Waals surface area (Å²) in [5.74, 6) is 0.361. The maximum Gasteiger partial charge on any atom is 0.207 e. The van der Waals surface area contributed by atoms with Crippen LogP contribution in [0, 0.1) is 0 Å². The molecule has 1 saturated heterocycles. The summed E-state index contributed by atoms with van der Waals surface area (Å²) in [6, 6.07) is 21.1. The van der Waals surface area contributed by atoms with Gasteiger partial charge < -0.3 is 5.32 Å². The Bertz CT molecular complexity index is 570. The van der Waals surface area contributed by atoms with E-state index in [1.54, 1.807) is 0 Å². The second-order valence-electron chi connectivity index (χ2n) is 5.59. The van der Waals surface area contributed by atoms with Crippen molar-refractivity contribution in [1.29, 1.82) is 0 Å². The fraction of sp³-hybridized carbons (Fsp3) is 0.278. The highest BCUT2D eigenvalue weighted by molar-refractivity contribution is 5.47. The van der Waals surface area contributed by atoms with Crippen molar-refractivity contribution >= 4 is 6.41 Å². The third-order valence-electron chi connectivity index (χ3n) is 4.15. The average molecular weight is 280 g/mol. The van der Waals surface area contributed by atoms with Gasteiger partial charge in [0.1, 0.15) is 0 Å². The van der Waals surface area contributed by atoms with Crippen LogP contribution in [0.5, 0.6) is 0 Å². The van der Waals surface area contributed by atoms with Gasteiger partial charge in [0, 0.05) is 31.6 Å². The predicted molar refractivity (Wildman–Crippen MR) is 83.9 cm³/mol. The molecule has 1 N–H and O–H groups in total. The molecule has 0 radical (unpaired) electrons. The maximum atomic E-state index is 10.9. The topological polar surface area (TPSA) is 32.3 Å². The Morgan fingerprint density at radius 3 is 2.33 bits per heavy atom. The minimum absolute atomic E-state index is 0.189. The molecule has 21 heavy (non-hydrogen) atoms.